The summed E-state index contributed by atoms with van der Waals surface area (Å²) in [6.07, 6.45) is 9.23. The van der Waals surface area contributed by atoms with Crippen LogP contribution in [0.25, 0.3) is 10.6 Å². The van der Waals surface area contributed by atoms with Gasteiger partial charge >= 0.3 is 0 Å². The summed E-state index contributed by atoms with van der Waals surface area (Å²) in [6, 6.07) is 4.65. The van der Waals surface area contributed by atoms with E-state index in [9.17, 15) is 0 Å². The van der Waals surface area contributed by atoms with Crippen molar-refractivity contribution in [3.63, 3.8) is 0 Å². The number of nitrogens with two attached hydrogens (primary N) is 1. The molecule has 96 valence electrons. The Morgan fingerprint density at radius 2 is 2.28 bits per heavy atom. The highest BCUT2D eigenvalue weighted by atomic mass is 32.1. The van der Waals surface area contributed by atoms with Crippen LogP contribution in [0, 0.1) is 5.92 Å². The summed E-state index contributed by atoms with van der Waals surface area (Å²) in [5, 5.41) is 2.11. The molecule has 1 saturated carbocycles. The molecule has 2 aromatic heterocycles. The minimum absolute atomic E-state index is 0.409. The first-order chi connectivity index (χ1) is 8.90. The first-order valence-electron chi connectivity index (χ1n) is 6.66. The molecule has 4 heteroatoms. The molecular weight excluding hydrogens is 242 g/mol. The van der Waals surface area contributed by atoms with Gasteiger partial charge in [-0.25, -0.2) is 4.98 Å². The molecule has 0 amide bonds. The summed E-state index contributed by atoms with van der Waals surface area (Å²) in [4.78, 5) is 5.61. The van der Waals surface area contributed by atoms with Crippen molar-refractivity contribution in [2.24, 2.45) is 11.7 Å². The lowest BCUT2D eigenvalue weighted by atomic mass is 9.98. The highest BCUT2D eigenvalue weighted by Gasteiger charge is 2.26. The Morgan fingerprint density at radius 1 is 1.44 bits per heavy atom. The topological polar surface area (TPSA) is 43.8 Å². The van der Waals surface area contributed by atoms with E-state index in [0.29, 0.717) is 12.6 Å². The van der Waals surface area contributed by atoms with E-state index in [1.54, 1.807) is 11.3 Å². The smallest absolute Gasteiger partial charge is 0.0954 e. The lowest BCUT2D eigenvalue weighted by molar-refractivity contribution is 0.344. The van der Waals surface area contributed by atoms with Crippen LogP contribution >= 0.6 is 11.3 Å². The average molecular weight is 261 g/mol. The van der Waals surface area contributed by atoms with Crippen molar-refractivity contribution >= 4 is 11.3 Å². The highest BCUT2D eigenvalue weighted by molar-refractivity contribution is 7.13. The average Bonchev–Trinajstić information content (AvgIpc) is 3.13. The van der Waals surface area contributed by atoms with Gasteiger partial charge in [0, 0.05) is 6.54 Å². The summed E-state index contributed by atoms with van der Waals surface area (Å²) in [7, 11) is 0. The first-order valence-corrected chi connectivity index (χ1v) is 7.54. The van der Waals surface area contributed by atoms with Gasteiger partial charge in [0.05, 0.1) is 29.1 Å². The molecule has 1 aliphatic carbocycles. The van der Waals surface area contributed by atoms with Gasteiger partial charge in [0.2, 0.25) is 0 Å². The third-order valence-electron chi connectivity index (χ3n) is 3.98. The van der Waals surface area contributed by atoms with Gasteiger partial charge in [-0.05, 0) is 30.2 Å². The molecule has 3 rings (SSSR count). The van der Waals surface area contributed by atoms with E-state index in [-0.39, 0.29) is 0 Å². The predicted octanol–water partition coefficient (Wildman–Crippen LogP) is 3.30. The standard InChI is InChI=1S/C14H19N3S/c15-8-12(11-4-1-2-5-11)17-10-16-9-13(17)14-6-3-7-18-14/h3,6-7,9-12H,1-2,4-5,8,15H2. The number of aromatic nitrogens is 2. The Balaban J connectivity index is 1.93. The maximum atomic E-state index is 6.02. The van der Waals surface area contributed by atoms with Gasteiger partial charge in [0.25, 0.3) is 0 Å². The van der Waals surface area contributed by atoms with Gasteiger partial charge in [0.1, 0.15) is 0 Å². The Labute approximate surface area is 112 Å². The third kappa shape index (κ3) is 2.10. The number of hydrogen-bond acceptors (Lipinski definition) is 3. The zero-order chi connectivity index (χ0) is 12.4. The van der Waals surface area contributed by atoms with Crippen LogP contribution in [-0.2, 0) is 0 Å². The molecule has 0 bridgehead atoms. The van der Waals surface area contributed by atoms with Crippen LogP contribution in [0.2, 0.25) is 0 Å². The normalized spacial score (nSPS) is 18.3. The Bertz CT molecular complexity index is 483. The molecule has 3 nitrogen and oxygen atoms in total. The van der Waals surface area contributed by atoms with E-state index in [1.807, 2.05) is 12.5 Å². The summed E-state index contributed by atoms with van der Waals surface area (Å²) < 4.78 is 2.29. The second-order valence-electron chi connectivity index (χ2n) is 5.01. The van der Waals surface area contributed by atoms with E-state index in [1.165, 1.54) is 36.3 Å². The number of imidazole rings is 1. The number of nitrogens with zero attached hydrogens (tertiary/aromatic N) is 2. The van der Waals surface area contributed by atoms with Crippen LogP contribution in [-0.4, -0.2) is 16.1 Å². The molecule has 0 aromatic carbocycles. The maximum Gasteiger partial charge on any atom is 0.0954 e. The molecule has 18 heavy (non-hydrogen) atoms. The fraction of sp³-hybridized carbons (Fsp3) is 0.500. The van der Waals surface area contributed by atoms with Crippen LogP contribution in [0.15, 0.2) is 30.0 Å². The van der Waals surface area contributed by atoms with E-state index in [2.05, 4.69) is 27.1 Å². The third-order valence-corrected chi connectivity index (χ3v) is 4.87. The molecule has 1 unspecified atom stereocenters. The van der Waals surface area contributed by atoms with Gasteiger partial charge in [0.15, 0.2) is 0 Å². The monoisotopic (exact) mass is 261 g/mol. The van der Waals surface area contributed by atoms with Crippen molar-refractivity contribution < 1.29 is 0 Å². The predicted molar refractivity (Wildman–Crippen MR) is 75.6 cm³/mol. The zero-order valence-electron chi connectivity index (χ0n) is 10.5. The van der Waals surface area contributed by atoms with Gasteiger partial charge in [-0.1, -0.05) is 18.9 Å². The van der Waals surface area contributed by atoms with Crippen LogP contribution in [0.5, 0.6) is 0 Å². The van der Waals surface area contributed by atoms with E-state index in [0.717, 1.165) is 5.92 Å². The van der Waals surface area contributed by atoms with Crippen LogP contribution < -0.4 is 5.73 Å². The van der Waals surface area contributed by atoms with Crippen molar-refractivity contribution in [2.45, 2.75) is 31.7 Å². The lowest BCUT2D eigenvalue weighted by Gasteiger charge is -2.25. The zero-order valence-corrected chi connectivity index (χ0v) is 11.3. The minimum atomic E-state index is 0.409. The molecule has 1 atom stereocenters. The van der Waals surface area contributed by atoms with Crippen LogP contribution in [0.4, 0.5) is 0 Å². The summed E-state index contributed by atoms with van der Waals surface area (Å²) >= 11 is 1.76. The Hall–Kier alpha value is -1.13. The van der Waals surface area contributed by atoms with Gasteiger partial charge in [-0.2, -0.15) is 0 Å². The molecule has 2 aromatic rings. The minimum Gasteiger partial charge on any atom is -0.328 e. The largest absolute Gasteiger partial charge is 0.328 e. The van der Waals surface area contributed by atoms with Crippen molar-refractivity contribution in [3.8, 4) is 10.6 Å². The summed E-state index contributed by atoms with van der Waals surface area (Å²) in [5.74, 6) is 0.725. The Morgan fingerprint density at radius 3 is 2.94 bits per heavy atom. The maximum absolute atomic E-state index is 6.02. The van der Waals surface area contributed by atoms with Crippen LogP contribution in [0.1, 0.15) is 31.7 Å². The second-order valence-corrected chi connectivity index (χ2v) is 5.96. The molecule has 2 heterocycles. The first kappa shape index (κ1) is 11.9. The number of hydrogen-bond donors (Lipinski definition) is 1. The van der Waals surface area contributed by atoms with E-state index >= 15 is 0 Å². The number of thiophene rings is 1. The van der Waals surface area contributed by atoms with Crippen molar-refractivity contribution in [1.29, 1.82) is 0 Å². The highest BCUT2D eigenvalue weighted by Crippen LogP contribution is 2.36. The fourth-order valence-corrected chi connectivity index (χ4v) is 3.80. The molecule has 0 radical (unpaired) electrons. The molecule has 0 aliphatic heterocycles. The van der Waals surface area contributed by atoms with E-state index in [4.69, 9.17) is 5.73 Å². The van der Waals surface area contributed by atoms with Gasteiger partial charge in [-0.15, -0.1) is 11.3 Å². The molecule has 1 aliphatic rings. The summed E-state index contributed by atoms with van der Waals surface area (Å²) in [5.41, 5.74) is 7.24. The SMILES string of the molecule is NCC(C1CCCC1)n1cncc1-c1cccs1. The molecule has 0 spiro atoms. The number of rotatable bonds is 4. The lowest BCUT2D eigenvalue weighted by Crippen LogP contribution is -2.25. The molecule has 2 N–H and O–H groups in total. The van der Waals surface area contributed by atoms with Crippen LogP contribution in [0.3, 0.4) is 0 Å². The van der Waals surface area contributed by atoms with Crippen molar-refractivity contribution in [3.05, 3.63) is 30.0 Å². The second kappa shape index (κ2) is 5.24. The van der Waals surface area contributed by atoms with Crippen molar-refractivity contribution in [1.82, 2.24) is 9.55 Å². The van der Waals surface area contributed by atoms with Gasteiger partial charge in [-0.3, -0.25) is 0 Å². The van der Waals surface area contributed by atoms with Gasteiger partial charge < -0.3 is 10.3 Å². The molecule has 0 saturated heterocycles. The summed E-state index contributed by atoms with van der Waals surface area (Å²) in [6.45, 7) is 0.708. The molecule has 1 fully saturated rings. The van der Waals surface area contributed by atoms with Crippen molar-refractivity contribution in [2.75, 3.05) is 6.54 Å². The Kier molecular flexibility index (Phi) is 3.48. The molecular formula is C14H19N3S. The van der Waals surface area contributed by atoms with E-state index < -0.39 is 0 Å². The quantitative estimate of drug-likeness (QED) is 0.917. The fourth-order valence-electron chi connectivity index (χ4n) is 3.06.